The highest BCUT2D eigenvalue weighted by molar-refractivity contribution is 5.92. The van der Waals surface area contributed by atoms with Crippen LogP contribution in [0.5, 0.6) is 0 Å². The van der Waals surface area contributed by atoms with Gasteiger partial charge >= 0.3 is 6.03 Å². The fraction of sp³-hybridized carbons (Fsp3) is 0.440. The van der Waals surface area contributed by atoms with Crippen molar-refractivity contribution in [2.45, 2.75) is 64.6 Å². The average Bonchev–Trinajstić information content (AvgIpc) is 3.37. The minimum absolute atomic E-state index is 0.0592. The minimum atomic E-state index is -0.904. The van der Waals surface area contributed by atoms with Gasteiger partial charge in [-0.05, 0) is 73.6 Å². The molecule has 3 amide bonds. The molecule has 1 saturated carbocycles. The van der Waals surface area contributed by atoms with Crippen molar-refractivity contribution in [3.05, 3.63) is 59.2 Å². The molecule has 1 heterocycles. The van der Waals surface area contributed by atoms with Gasteiger partial charge in [0.2, 0.25) is 5.91 Å². The van der Waals surface area contributed by atoms with Crippen LogP contribution in [0.15, 0.2) is 42.5 Å². The van der Waals surface area contributed by atoms with Gasteiger partial charge in [-0.25, -0.2) is 4.79 Å². The van der Waals surface area contributed by atoms with Crippen LogP contribution in [0.4, 0.5) is 16.2 Å². The smallest absolute Gasteiger partial charge is 0.322 e. The Hall–Kier alpha value is -2.86. The highest BCUT2D eigenvalue weighted by Gasteiger charge is 2.26. The molecule has 0 unspecified atom stereocenters. The number of nitrogens with one attached hydrogen (secondary N) is 2. The number of hydrogen-bond donors (Lipinski definition) is 3. The van der Waals surface area contributed by atoms with E-state index in [0.717, 1.165) is 35.2 Å². The molecule has 0 atom stereocenters. The first kappa shape index (κ1) is 21.4. The van der Waals surface area contributed by atoms with Crippen molar-refractivity contribution >= 4 is 23.3 Å². The summed E-state index contributed by atoms with van der Waals surface area (Å²) in [5.74, 6) is 0.576. The maximum absolute atomic E-state index is 12.7. The van der Waals surface area contributed by atoms with Gasteiger partial charge in [-0.1, -0.05) is 31.0 Å². The van der Waals surface area contributed by atoms with Gasteiger partial charge in [0.1, 0.15) is 0 Å². The number of rotatable bonds is 5. The number of carbonyl (C=O) groups excluding carboxylic acids is 2. The molecule has 2 aliphatic rings. The quantitative estimate of drug-likeness (QED) is 0.637. The van der Waals surface area contributed by atoms with E-state index in [1.54, 1.807) is 30.9 Å². The summed E-state index contributed by atoms with van der Waals surface area (Å²) in [6.45, 7) is 4.58. The maximum Gasteiger partial charge on any atom is 0.322 e. The second-order valence-corrected chi connectivity index (χ2v) is 9.31. The van der Waals surface area contributed by atoms with Crippen molar-refractivity contribution < 1.29 is 14.7 Å². The SMILES string of the molecule is CC(C)(O)c1ccc2c(c1)CN(C(=O)Nc1ccc(NC(=O)CC3CCCC3)cc1)C2. The van der Waals surface area contributed by atoms with Crippen LogP contribution in [-0.4, -0.2) is 21.9 Å². The van der Waals surface area contributed by atoms with Crippen LogP contribution < -0.4 is 10.6 Å². The van der Waals surface area contributed by atoms with Crippen molar-refractivity contribution in [1.82, 2.24) is 4.90 Å². The lowest BCUT2D eigenvalue weighted by molar-refractivity contribution is -0.117. The van der Waals surface area contributed by atoms with E-state index < -0.39 is 5.60 Å². The summed E-state index contributed by atoms with van der Waals surface area (Å²) >= 11 is 0. The molecule has 2 aromatic carbocycles. The Morgan fingerprint density at radius 2 is 1.58 bits per heavy atom. The third kappa shape index (κ3) is 5.25. The molecule has 1 aliphatic carbocycles. The molecule has 6 nitrogen and oxygen atoms in total. The highest BCUT2D eigenvalue weighted by Crippen LogP contribution is 2.29. The van der Waals surface area contributed by atoms with Crippen molar-refractivity contribution in [3.8, 4) is 0 Å². The van der Waals surface area contributed by atoms with E-state index in [1.165, 1.54) is 12.8 Å². The van der Waals surface area contributed by atoms with Crippen LogP contribution >= 0.6 is 0 Å². The molecule has 1 fully saturated rings. The number of aliphatic hydroxyl groups is 1. The topological polar surface area (TPSA) is 81.7 Å². The summed E-state index contributed by atoms with van der Waals surface area (Å²) in [4.78, 5) is 26.7. The number of hydrogen-bond acceptors (Lipinski definition) is 3. The van der Waals surface area contributed by atoms with Crippen molar-refractivity contribution in [1.29, 1.82) is 0 Å². The lowest BCUT2D eigenvalue weighted by atomic mass is 9.95. The summed E-state index contributed by atoms with van der Waals surface area (Å²) < 4.78 is 0. The zero-order valence-electron chi connectivity index (χ0n) is 18.3. The van der Waals surface area contributed by atoms with Gasteiger partial charge in [-0.3, -0.25) is 4.79 Å². The molecule has 1 aliphatic heterocycles. The number of amides is 3. The summed E-state index contributed by atoms with van der Waals surface area (Å²) in [6.07, 6.45) is 5.35. The Morgan fingerprint density at radius 1 is 0.968 bits per heavy atom. The largest absolute Gasteiger partial charge is 0.386 e. The Kier molecular flexibility index (Phi) is 6.01. The molecule has 164 valence electrons. The number of nitrogens with zero attached hydrogens (tertiary/aromatic N) is 1. The van der Waals surface area contributed by atoms with Gasteiger partial charge in [0.05, 0.1) is 5.60 Å². The second kappa shape index (κ2) is 8.71. The zero-order valence-corrected chi connectivity index (χ0v) is 18.3. The van der Waals surface area contributed by atoms with Crippen molar-refractivity contribution in [3.63, 3.8) is 0 Å². The van der Waals surface area contributed by atoms with Crippen molar-refractivity contribution in [2.24, 2.45) is 5.92 Å². The summed E-state index contributed by atoms with van der Waals surface area (Å²) in [7, 11) is 0. The van der Waals surface area contributed by atoms with Gasteiger partial charge < -0.3 is 20.6 Å². The predicted octanol–water partition coefficient (Wildman–Crippen LogP) is 4.98. The van der Waals surface area contributed by atoms with E-state index in [-0.39, 0.29) is 11.9 Å². The van der Waals surface area contributed by atoms with Gasteiger partial charge in [-0.15, -0.1) is 0 Å². The molecule has 0 radical (unpaired) electrons. The van der Waals surface area contributed by atoms with Gasteiger partial charge in [0.15, 0.2) is 0 Å². The molecule has 3 N–H and O–H groups in total. The Morgan fingerprint density at radius 3 is 2.23 bits per heavy atom. The Balaban J connectivity index is 1.31. The van der Waals surface area contributed by atoms with E-state index in [2.05, 4.69) is 10.6 Å². The van der Waals surface area contributed by atoms with E-state index in [1.807, 2.05) is 30.3 Å². The first-order valence-corrected chi connectivity index (χ1v) is 11.1. The fourth-order valence-electron chi connectivity index (χ4n) is 4.45. The monoisotopic (exact) mass is 421 g/mol. The molecular formula is C25H31N3O3. The van der Waals surface area contributed by atoms with E-state index in [4.69, 9.17) is 0 Å². The van der Waals surface area contributed by atoms with Crippen molar-refractivity contribution in [2.75, 3.05) is 10.6 Å². The summed E-state index contributed by atoms with van der Waals surface area (Å²) in [5, 5.41) is 16.1. The first-order chi connectivity index (χ1) is 14.8. The van der Waals surface area contributed by atoms with Crippen LogP contribution in [0.2, 0.25) is 0 Å². The first-order valence-electron chi connectivity index (χ1n) is 11.1. The second-order valence-electron chi connectivity index (χ2n) is 9.31. The van der Waals surface area contributed by atoms with E-state index >= 15 is 0 Å². The molecule has 31 heavy (non-hydrogen) atoms. The molecule has 0 saturated heterocycles. The van der Waals surface area contributed by atoms with Gasteiger partial charge in [0, 0.05) is 30.9 Å². The standard InChI is InChI=1S/C25H31N3O3/c1-25(2,31)20-8-7-18-15-28(16-19(18)14-20)24(30)27-22-11-9-21(10-12-22)26-23(29)13-17-5-3-4-6-17/h7-12,14,17,31H,3-6,13,15-16H2,1-2H3,(H,26,29)(H,27,30). The Labute approximate surface area is 183 Å². The van der Waals surface area contributed by atoms with Crippen LogP contribution in [0.3, 0.4) is 0 Å². The number of benzene rings is 2. The third-order valence-electron chi connectivity index (χ3n) is 6.29. The zero-order chi connectivity index (χ0) is 22.0. The molecule has 0 spiro atoms. The molecule has 4 rings (SSSR count). The Bertz CT molecular complexity index is 957. The van der Waals surface area contributed by atoms with Crippen LogP contribution in [0.25, 0.3) is 0 Å². The maximum atomic E-state index is 12.7. The number of carbonyl (C=O) groups is 2. The van der Waals surface area contributed by atoms with E-state index in [9.17, 15) is 14.7 Å². The molecule has 0 bridgehead atoms. The summed E-state index contributed by atoms with van der Waals surface area (Å²) in [5.41, 5.74) is 3.54. The number of anilines is 2. The lowest BCUT2D eigenvalue weighted by Gasteiger charge is -2.18. The molecule has 6 heteroatoms. The molecule has 2 aromatic rings. The summed E-state index contributed by atoms with van der Waals surface area (Å²) in [6, 6.07) is 13.0. The average molecular weight is 422 g/mol. The third-order valence-corrected chi connectivity index (χ3v) is 6.29. The predicted molar refractivity (Wildman–Crippen MR) is 122 cm³/mol. The lowest BCUT2D eigenvalue weighted by Crippen LogP contribution is -2.30. The van der Waals surface area contributed by atoms with Crippen LogP contribution in [0, 0.1) is 5.92 Å². The minimum Gasteiger partial charge on any atom is -0.386 e. The van der Waals surface area contributed by atoms with Gasteiger partial charge in [-0.2, -0.15) is 0 Å². The van der Waals surface area contributed by atoms with E-state index in [0.29, 0.717) is 31.1 Å². The molecular weight excluding hydrogens is 390 g/mol. The molecule has 0 aromatic heterocycles. The number of urea groups is 1. The van der Waals surface area contributed by atoms with Crippen LogP contribution in [-0.2, 0) is 23.5 Å². The highest BCUT2D eigenvalue weighted by atomic mass is 16.3. The normalized spacial score (nSPS) is 16.3. The fourth-order valence-corrected chi connectivity index (χ4v) is 4.45. The van der Waals surface area contributed by atoms with Crippen LogP contribution in [0.1, 0.15) is 62.6 Å². The number of fused-ring (bicyclic) bond motifs is 1. The van der Waals surface area contributed by atoms with Gasteiger partial charge in [0.25, 0.3) is 0 Å².